The molecule has 0 unspecified atom stereocenters. The van der Waals surface area contributed by atoms with Gasteiger partial charge in [0.15, 0.2) is 5.69 Å². The van der Waals surface area contributed by atoms with Crippen LogP contribution in [0, 0.1) is 18.3 Å². The summed E-state index contributed by atoms with van der Waals surface area (Å²) < 4.78 is 11.6. The molecule has 0 fully saturated rings. The number of benzene rings is 2. The van der Waals surface area contributed by atoms with E-state index in [1.54, 1.807) is 31.4 Å². The van der Waals surface area contributed by atoms with Crippen molar-refractivity contribution in [3.8, 4) is 23.2 Å². The van der Waals surface area contributed by atoms with E-state index in [2.05, 4.69) is 10.2 Å². The fraction of sp³-hybridized carbons (Fsp3) is 0.143. The molecular weight excluding hydrogens is 420 g/mol. The molecule has 0 amide bonds. The van der Waals surface area contributed by atoms with Crippen molar-refractivity contribution in [1.82, 2.24) is 19.6 Å². The van der Waals surface area contributed by atoms with E-state index in [1.165, 1.54) is 22.7 Å². The second kappa shape index (κ2) is 7.66. The number of rotatable bonds is 4. The van der Waals surface area contributed by atoms with Crippen LogP contribution in [0.5, 0.6) is 5.75 Å². The quantitative estimate of drug-likeness (QED) is 0.486. The van der Waals surface area contributed by atoms with Crippen LogP contribution >= 0.6 is 11.6 Å². The van der Waals surface area contributed by atoms with E-state index in [9.17, 15) is 10.1 Å². The minimum atomic E-state index is -0.643. The van der Waals surface area contributed by atoms with Gasteiger partial charge in [0.2, 0.25) is 0 Å². The number of methoxy groups -OCH3 is 2. The fourth-order valence-electron chi connectivity index (χ4n) is 3.32. The van der Waals surface area contributed by atoms with E-state index in [0.29, 0.717) is 33.2 Å². The summed E-state index contributed by atoms with van der Waals surface area (Å²) in [6, 6.07) is 10.8. The van der Waals surface area contributed by atoms with Crippen LogP contribution in [0.25, 0.3) is 22.4 Å². The number of aromatic nitrogens is 4. The lowest BCUT2D eigenvalue weighted by molar-refractivity contribution is 0.0593. The van der Waals surface area contributed by atoms with Crippen LogP contribution < -0.4 is 10.5 Å². The van der Waals surface area contributed by atoms with Crippen LogP contribution in [-0.4, -0.2) is 39.7 Å². The van der Waals surface area contributed by atoms with E-state index >= 15 is 0 Å². The maximum Gasteiger partial charge on any atom is 0.357 e. The summed E-state index contributed by atoms with van der Waals surface area (Å²) in [6.45, 7) is 1.86. The number of hydrogen-bond acceptors (Lipinski definition) is 7. The molecule has 0 atom stereocenters. The van der Waals surface area contributed by atoms with Crippen molar-refractivity contribution >= 4 is 34.3 Å². The van der Waals surface area contributed by atoms with Crippen LogP contribution in [0.4, 0.5) is 5.69 Å². The largest absolute Gasteiger partial charge is 0.495 e. The second-order valence-corrected chi connectivity index (χ2v) is 7.12. The topological polar surface area (TPSA) is 121 Å². The summed E-state index contributed by atoms with van der Waals surface area (Å²) in [7, 11) is 2.80. The molecule has 0 saturated carbocycles. The summed E-state index contributed by atoms with van der Waals surface area (Å²) in [5, 5.41) is 18.8. The minimum Gasteiger partial charge on any atom is -0.495 e. The van der Waals surface area contributed by atoms with Crippen molar-refractivity contribution < 1.29 is 14.3 Å². The minimum absolute atomic E-state index is 0.0605. The van der Waals surface area contributed by atoms with Crippen LogP contribution in [0.1, 0.15) is 21.6 Å². The highest BCUT2D eigenvalue weighted by Crippen LogP contribution is 2.30. The predicted molar refractivity (Wildman–Crippen MR) is 115 cm³/mol. The molecule has 9 nitrogen and oxygen atoms in total. The van der Waals surface area contributed by atoms with E-state index in [1.807, 2.05) is 19.1 Å². The van der Waals surface area contributed by atoms with Gasteiger partial charge in [-0.1, -0.05) is 11.6 Å². The molecule has 2 aromatic heterocycles. The first kappa shape index (κ1) is 20.3. The van der Waals surface area contributed by atoms with Gasteiger partial charge >= 0.3 is 5.97 Å². The zero-order valence-electron chi connectivity index (χ0n) is 16.9. The summed E-state index contributed by atoms with van der Waals surface area (Å²) >= 11 is 6.22. The molecule has 0 aliphatic carbocycles. The molecular formula is C21H17ClN6O3. The van der Waals surface area contributed by atoms with Crippen molar-refractivity contribution in [1.29, 1.82) is 5.26 Å². The van der Waals surface area contributed by atoms with Gasteiger partial charge in [-0.05, 0) is 42.8 Å². The van der Waals surface area contributed by atoms with Crippen LogP contribution in [0.15, 0.2) is 36.5 Å². The lowest BCUT2D eigenvalue weighted by Crippen LogP contribution is -2.11. The Morgan fingerprint density at radius 2 is 1.90 bits per heavy atom. The zero-order valence-corrected chi connectivity index (χ0v) is 17.6. The number of fused-ring (bicyclic) bond motifs is 1. The predicted octanol–water partition coefficient (Wildman–Crippen LogP) is 3.42. The number of aryl methyl sites for hydroxylation is 1. The highest BCUT2D eigenvalue weighted by molar-refractivity contribution is 6.32. The van der Waals surface area contributed by atoms with Crippen LogP contribution in [-0.2, 0) is 4.74 Å². The van der Waals surface area contributed by atoms with E-state index in [0.717, 1.165) is 5.56 Å². The molecule has 31 heavy (non-hydrogen) atoms. The van der Waals surface area contributed by atoms with Gasteiger partial charge in [-0.2, -0.15) is 10.1 Å². The molecule has 0 aliphatic rings. The first-order valence-electron chi connectivity index (χ1n) is 9.09. The average Bonchev–Trinajstić information content (AvgIpc) is 3.32. The molecule has 0 bridgehead atoms. The lowest BCUT2D eigenvalue weighted by Gasteiger charge is -2.11. The number of anilines is 1. The van der Waals surface area contributed by atoms with Crippen molar-refractivity contribution in [2.75, 3.05) is 20.0 Å². The molecule has 4 aromatic rings. The molecule has 0 radical (unpaired) electrons. The maximum atomic E-state index is 12.3. The number of esters is 1. The highest BCUT2D eigenvalue weighted by Gasteiger charge is 2.23. The number of carbonyl (C=O) groups excluding carboxylic acids is 1. The molecule has 2 N–H and O–H groups in total. The van der Waals surface area contributed by atoms with Gasteiger partial charge in [0.25, 0.3) is 0 Å². The number of nitrogen functional groups attached to an aromatic ring is 1. The Morgan fingerprint density at radius 3 is 2.52 bits per heavy atom. The number of nitrogens with zero attached hydrogens (tertiary/aromatic N) is 5. The van der Waals surface area contributed by atoms with Crippen LogP contribution in [0.3, 0.4) is 0 Å². The Morgan fingerprint density at radius 1 is 1.19 bits per heavy atom. The molecule has 10 heteroatoms. The Balaban J connectivity index is 1.87. The molecule has 2 aromatic carbocycles. The Bertz CT molecular complexity index is 1380. The summed E-state index contributed by atoms with van der Waals surface area (Å²) in [6.07, 6.45) is 1.50. The smallest absolute Gasteiger partial charge is 0.357 e. The first-order chi connectivity index (χ1) is 14.9. The number of halogens is 1. The second-order valence-electron chi connectivity index (χ2n) is 6.71. The van der Waals surface area contributed by atoms with Gasteiger partial charge in [0, 0.05) is 6.20 Å². The Labute approximate surface area is 182 Å². The van der Waals surface area contributed by atoms with E-state index in [-0.39, 0.29) is 16.9 Å². The first-order valence-corrected chi connectivity index (χ1v) is 9.47. The normalized spacial score (nSPS) is 10.8. The van der Waals surface area contributed by atoms with Gasteiger partial charge in [0.05, 0.1) is 41.9 Å². The van der Waals surface area contributed by atoms with Crippen LogP contribution in [0.2, 0.25) is 5.02 Å². The third kappa shape index (κ3) is 3.33. The van der Waals surface area contributed by atoms with Gasteiger partial charge in [-0.15, -0.1) is 10.2 Å². The average molecular weight is 437 g/mol. The molecule has 2 heterocycles. The number of hydrogen-bond donors (Lipinski definition) is 1. The van der Waals surface area contributed by atoms with Crippen molar-refractivity contribution in [2.24, 2.45) is 0 Å². The molecule has 156 valence electrons. The molecule has 0 saturated heterocycles. The summed E-state index contributed by atoms with van der Waals surface area (Å²) in [5.41, 5.74) is 9.64. The number of carbonyl (C=O) groups is 1. The van der Waals surface area contributed by atoms with Gasteiger partial charge in [-0.3, -0.25) is 0 Å². The highest BCUT2D eigenvalue weighted by atomic mass is 35.5. The number of nitriles is 1. The van der Waals surface area contributed by atoms with E-state index < -0.39 is 5.97 Å². The number of nitrogens with two attached hydrogens (primary N) is 1. The maximum absolute atomic E-state index is 12.3. The molecule has 0 spiro atoms. The third-order valence-electron chi connectivity index (χ3n) is 4.87. The standard InChI is InChI=1S/C21H17ClN6O3/c1-11-6-15-16(26-28(25-15)13-4-5-18(30-2)14(22)7-13)8-17(11)27-10-12(9-23)19(24)20(27)21(29)31-3/h4-8,10H,24H2,1-3H3. The van der Waals surface area contributed by atoms with Gasteiger partial charge in [0.1, 0.15) is 22.9 Å². The van der Waals surface area contributed by atoms with Gasteiger partial charge < -0.3 is 19.8 Å². The Kier molecular flexibility index (Phi) is 5.01. The summed E-state index contributed by atoms with van der Waals surface area (Å²) in [5.74, 6) is -0.0934. The lowest BCUT2D eigenvalue weighted by atomic mass is 10.1. The Hall–Kier alpha value is -4.03. The van der Waals surface area contributed by atoms with Crippen molar-refractivity contribution in [3.63, 3.8) is 0 Å². The van der Waals surface area contributed by atoms with Crippen molar-refractivity contribution in [3.05, 3.63) is 58.4 Å². The zero-order chi connectivity index (χ0) is 22.3. The number of ether oxygens (including phenoxy) is 2. The molecule has 4 rings (SSSR count). The third-order valence-corrected chi connectivity index (χ3v) is 5.16. The van der Waals surface area contributed by atoms with Crippen molar-refractivity contribution in [2.45, 2.75) is 6.92 Å². The van der Waals surface area contributed by atoms with Gasteiger partial charge in [-0.25, -0.2) is 4.79 Å². The van der Waals surface area contributed by atoms with E-state index in [4.69, 9.17) is 26.8 Å². The summed E-state index contributed by atoms with van der Waals surface area (Å²) in [4.78, 5) is 13.8. The monoisotopic (exact) mass is 436 g/mol. The fourth-order valence-corrected chi connectivity index (χ4v) is 3.57. The SMILES string of the molecule is COC(=O)c1c(N)c(C#N)cn1-c1cc2nn(-c3ccc(OC)c(Cl)c3)nc2cc1C. The molecule has 0 aliphatic heterocycles.